The molecular weight excluding hydrogens is 384 g/mol. The predicted molar refractivity (Wildman–Crippen MR) is 107 cm³/mol. The van der Waals surface area contributed by atoms with E-state index in [0.717, 1.165) is 10.6 Å². The Hall–Kier alpha value is -2.77. The van der Waals surface area contributed by atoms with Crippen molar-refractivity contribution in [2.24, 2.45) is 0 Å². The molecule has 0 radical (unpaired) electrons. The Morgan fingerprint density at radius 3 is 2.44 bits per heavy atom. The molecule has 2 N–H and O–H groups in total. The third kappa shape index (κ3) is 4.90. The van der Waals surface area contributed by atoms with Crippen LogP contribution in [-0.2, 0) is 6.42 Å². The Morgan fingerprint density at radius 2 is 1.70 bits per heavy atom. The average Bonchev–Trinajstić information content (AvgIpc) is 3.09. The molecule has 0 unspecified atom stereocenters. The minimum Gasteiger partial charge on any atom is -0.352 e. The Morgan fingerprint density at radius 1 is 1.00 bits per heavy atom. The number of aromatic nitrogens is 2. The third-order valence-corrected chi connectivity index (χ3v) is 5.05. The van der Waals surface area contributed by atoms with Gasteiger partial charge in [0.2, 0.25) is 5.13 Å². The van der Waals surface area contributed by atoms with Crippen molar-refractivity contribution < 1.29 is 9.59 Å². The number of hydrogen-bond donors (Lipinski definition) is 2. The lowest BCUT2D eigenvalue weighted by atomic mass is 10.1. The molecule has 2 amide bonds. The highest BCUT2D eigenvalue weighted by Crippen LogP contribution is 2.18. The number of carbonyl (C=O) groups excluding carboxylic acids is 2. The summed E-state index contributed by atoms with van der Waals surface area (Å²) >= 11 is 7.29. The summed E-state index contributed by atoms with van der Waals surface area (Å²) in [4.78, 5) is 24.4. The van der Waals surface area contributed by atoms with Gasteiger partial charge in [-0.05, 0) is 30.7 Å². The molecule has 3 aromatic rings. The molecule has 0 aliphatic heterocycles. The lowest BCUT2D eigenvalue weighted by molar-refractivity contribution is 0.0953. The highest BCUT2D eigenvalue weighted by Gasteiger charge is 2.13. The SMILES string of the molecule is Cc1ccccc1C(=O)Nc1nnc(CCNC(=O)c2ccccc2Cl)s1. The first-order valence-electron chi connectivity index (χ1n) is 8.26. The van der Waals surface area contributed by atoms with Gasteiger partial charge in [0.05, 0.1) is 10.6 Å². The van der Waals surface area contributed by atoms with Crippen molar-refractivity contribution in [3.05, 3.63) is 75.3 Å². The maximum atomic E-state index is 12.3. The molecule has 0 aliphatic carbocycles. The van der Waals surface area contributed by atoms with Crippen LogP contribution >= 0.6 is 22.9 Å². The molecule has 3 rings (SSSR count). The van der Waals surface area contributed by atoms with Crippen molar-refractivity contribution in [1.29, 1.82) is 0 Å². The van der Waals surface area contributed by atoms with Crippen LogP contribution in [0.1, 0.15) is 31.3 Å². The summed E-state index contributed by atoms with van der Waals surface area (Å²) in [5, 5.41) is 15.1. The second kappa shape index (κ2) is 8.75. The van der Waals surface area contributed by atoms with Gasteiger partial charge in [-0.15, -0.1) is 10.2 Å². The maximum Gasteiger partial charge on any atom is 0.257 e. The van der Waals surface area contributed by atoms with E-state index in [1.807, 2.05) is 25.1 Å². The van der Waals surface area contributed by atoms with E-state index in [0.29, 0.717) is 34.2 Å². The number of nitrogens with one attached hydrogen (secondary N) is 2. The molecule has 27 heavy (non-hydrogen) atoms. The molecule has 1 heterocycles. The fraction of sp³-hybridized carbons (Fsp3) is 0.158. The van der Waals surface area contributed by atoms with E-state index in [2.05, 4.69) is 20.8 Å². The Kier molecular flexibility index (Phi) is 6.16. The van der Waals surface area contributed by atoms with Crippen molar-refractivity contribution in [3.8, 4) is 0 Å². The van der Waals surface area contributed by atoms with E-state index in [4.69, 9.17) is 11.6 Å². The molecule has 0 atom stereocenters. The molecule has 6 nitrogen and oxygen atoms in total. The van der Waals surface area contributed by atoms with Crippen LogP contribution < -0.4 is 10.6 Å². The van der Waals surface area contributed by atoms with Crippen molar-refractivity contribution in [1.82, 2.24) is 15.5 Å². The van der Waals surface area contributed by atoms with E-state index >= 15 is 0 Å². The van der Waals surface area contributed by atoms with E-state index in [1.54, 1.807) is 30.3 Å². The normalized spacial score (nSPS) is 10.4. The molecule has 0 saturated carbocycles. The van der Waals surface area contributed by atoms with Crippen LogP contribution in [0.25, 0.3) is 0 Å². The first kappa shape index (κ1) is 19.0. The van der Waals surface area contributed by atoms with Gasteiger partial charge in [0.15, 0.2) is 0 Å². The number of halogens is 1. The van der Waals surface area contributed by atoms with Gasteiger partial charge in [0.1, 0.15) is 5.01 Å². The minimum atomic E-state index is -0.238. The molecule has 0 fully saturated rings. The first-order valence-corrected chi connectivity index (χ1v) is 9.46. The van der Waals surface area contributed by atoms with Crippen LogP contribution in [0.3, 0.4) is 0 Å². The fourth-order valence-electron chi connectivity index (χ4n) is 2.42. The van der Waals surface area contributed by atoms with E-state index in [9.17, 15) is 9.59 Å². The Labute approximate surface area is 165 Å². The summed E-state index contributed by atoms with van der Waals surface area (Å²) in [7, 11) is 0. The monoisotopic (exact) mass is 400 g/mol. The van der Waals surface area contributed by atoms with Crippen LogP contribution in [0.5, 0.6) is 0 Å². The van der Waals surface area contributed by atoms with Gasteiger partial charge in [-0.1, -0.05) is 53.3 Å². The number of rotatable bonds is 6. The number of aryl methyl sites for hydroxylation is 1. The van der Waals surface area contributed by atoms with E-state index < -0.39 is 0 Å². The minimum absolute atomic E-state index is 0.220. The zero-order valence-electron chi connectivity index (χ0n) is 14.5. The summed E-state index contributed by atoms with van der Waals surface area (Å²) in [5.41, 5.74) is 1.92. The molecule has 0 aliphatic rings. The molecule has 8 heteroatoms. The van der Waals surface area contributed by atoms with Gasteiger partial charge in [-0.2, -0.15) is 0 Å². The zero-order chi connectivity index (χ0) is 19.2. The number of carbonyl (C=O) groups is 2. The van der Waals surface area contributed by atoms with Gasteiger partial charge >= 0.3 is 0 Å². The lowest BCUT2D eigenvalue weighted by Gasteiger charge is -2.05. The fourth-order valence-corrected chi connectivity index (χ4v) is 3.38. The molecule has 2 aromatic carbocycles. The highest BCUT2D eigenvalue weighted by atomic mass is 35.5. The number of amides is 2. The summed E-state index contributed by atoms with van der Waals surface area (Å²) < 4.78 is 0. The average molecular weight is 401 g/mol. The standard InChI is InChI=1S/C19H17ClN4O2S/c1-12-6-2-3-7-13(12)18(26)22-19-24-23-16(27-19)10-11-21-17(25)14-8-4-5-9-15(14)20/h2-9H,10-11H2,1H3,(H,21,25)(H,22,24,26). The largest absolute Gasteiger partial charge is 0.352 e. The topological polar surface area (TPSA) is 84.0 Å². The quantitative estimate of drug-likeness (QED) is 0.660. The Balaban J connectivity index is 1.53. The smallest absolute Gasteiger partial charge is 0.257 e. The number of anilines is 1. The second-order valence-corrected chi connectivity index (χ2v) is 7.23. The second-order valence-electron chi connectivity index (χ2n) is 5.76. The molecule has 0 bridgehead atoms. The van der Waals surface area contributed by atoms with E-state index in [1.165, 1.54) is 11.3 Å². The van der Waals surface area contributed by atoms with Crippen LogP contribution in [0.4, 0.5) is 5.13 Å². The van der Waals surface area contributed by atoms with Crippen molar-refractivity contribution in [2.75, 3.05) is 11.9 Å². The van der Waals surface area contributed by atoms with Gasteiger partial charge in [0.25, 0.3) is 11.8 Å². The summed E-state index contributed by atoms with van der Waals surface area (Å²) in [6.07, 6.45) is 0.508. The van der Waals surface area contributed by atoms with Crippen molar-refractivity contribution in [3.63, 3.8) is 0 Å². The summed E-state index contributed by atoms with van der Waals surface area (Å²) in [5.74, 6) is -0.457. The molecule has 138 valence electrons. The summed E-state index contributed by atoms with van der Waals surface area (Å²) in [6.45, 7) is 2.27. The highest BCUT2D eigenvalue weighted by molar-refractivity contribution is 7.15. The molecule has 0 saturated heterocycles. The zero-order valence-corrected chi connectivity index (χ0v) is 16.1. The van der Waals surface area contributed by atoms with Gasteiger partial charge < -0.3 is 5.32 Å². The van der Waals surface area contributed by atoms with Crippen LogP contribution in [0, 0.1) is 6.92 Å². The Bertz CT molecular complexity index is 974. The van der Waals surface area contributed by atoms with E-state index in [-0.39, 0.29) is 11.8 Å². The predicted octanol–water partition coefficient (Wildman–Crippen LogP) is 3.72. The van der Waals surface area contributed by atoms with Gasteiger partial charge in [-0.25, -0.2) is 0 Å². The lowest BCUT2D eigenvalue weighted by Crippen LogP contribution is -2.25. The first-order chi connectivity index (χ1) is 13.0. The molecule has 0 spiro atoms. The number of benzene rings is 2. The maximum absolute atomic E-state index is 12.3. The van der Waals surface area contributed by atoms with Crippen molar-refractivity contribution >= 4 is 39.9 Å². The van der Waals surface area contributed by atoms with Crippen LogP contribution in [-0.4, -0.2) is 28.6 Å². The third-order valence-electron chi connectivity index (χ3n) is 3.82. The molecule has 1 aromatic heterocycles. The number of hydrogen-bond acceptors (Lipinski definition) is 5. The van der Waals surface area contributed by atoms with Crippen LogP contribution in [0.2, 0.25) is 5.02 Å². The number of nitrogens with zero attached hydrogens (tertiary/aromatic N) is 2. The summed E-state index contributed by atoms with van der Waals surface area (Å²) in [6, 6.07) is 14.2. The van der Waals surface area contributed by atoms with Crippen LogP contribution in [0.15, 0.2) is 48.5 Å². The van der Waals surface area contributed by atoms with Gasteiger partial charge in [-0.3, -0.25) is 14.9 Å². The molecular formula is C19H17ClN4O2S. The van der Waals surface area contributed by atoms with Crippen molar-refractivity contribution in [2.45, 2.75) is 13.3 Å². The van der Waals surface area contributed by atoms with Gasteiger partial charge in [0, 0.05) is 18.5 Å².